The van der Waals surface area contributed by atoms with Crippen molar-refractivity contribution in [3.63, 3.8) is 0 Å². The molecule has 0 unspecified atom stereocenters. The number of aromatic hydroxyl groups is 1. The lowest BCUT2D eigenvalue weighted by Crippen LogP contribution is -2.25. The minimum atomic E-state index is 0.100. The average molecular weight is 394 g/mol. The Balaban J connectivity index is 2.13. The second-order valence-corrected chi connectivity index (χ2v) is 6.26. The Bertz CT molecular complexity index is 856. The Morgan fingerprint density at radius 1 is 1.19 bits per heavy atom. The van der Waals surface area contributed by atoms with E-state index in [0.717, 1.165) is 5.56 Å². The van der Waals surface area contributed by atoms with Crippen molar-refractivity contribution in [1.82, 2.24) is 5.43 Å². The highest BCUT2D eigenvalue weighted by molar-refractivity contribution is 7.80. The summed E-state index contributed by atoms with van der Waals surface area (Å²) < 4.78 is 10.5. The largest absolute Gasteiger partial charge is 0.507 e. The molecule has 0 spiro atoms. The van der Waals surface area contributed by atoms with Crippen molar-refractivity contribution >= 4 is 40.3 Å². The normalized spacial score (nSPS) is 11.0. The number of halogens is 1. The number of rotatable bonds is 5. The fourth-order valence-electron chi connectivity index (χ4n) is 2.21. The molecule has 0 saturated heterocycles. The molecule has 0 amide bonds. The highest BCUT2D eigenvalue weighted by Crippen LogP contribution is 2.29. The van der Waals surface area contributed by atoms with Gasteiger partial charge in [0, 0.05) is 16.7 Å². The van der Waals surface area contributed by atoms with Gasteiger partial charge in [-0.3, -0.25) is 5.43 Å². The summed E-state index contributed by atoms with van der Waals surface area (Å²) in [4.78, 5) is 0. The smallest absolute Gasteiger partial charge is 0.191 e. The van der Waals surface area contributed by atoms with E-state index in [4.69, 9.17) is 33.3 Å². The zero-order valence-electron chi connectivity index (χ0n) is 14.9. The Morgan fingerprint density at radius 3 is 2.58 bits per heavy atom. The first-order valence-corrected chi connectivity index (χ1v) is 8.47. The SMILES string of the molecule is COc1ccc(OC)c(NC(=S)N/N=C(/C)c2cc(Cl)c(C)cc2O)c1. The zero-order valence-corrected chi connectivity index (χ0v) is 16.5. The maximum Gasteiger partial charge on any atom is 0.191 e. The molecule has 0 aliphatic heterocycles. The molecule has 0 saturated carbocycles. The number of phenols is 1. The number of thiocarbonyl (C=S) groups is 1. The topological polar surface area (TPSA) is 75.1 Å². The lowest BCUT2D eigenvalue weighted by atomic mass is 10.1. The monoisotopic (exact) mass is 393 g/mol. The van der Waals surface area contributed by atoms with Gasteiger partial charge in [-0.2, -0.15) is 5.10 Å². The summed E-state index contributed by atoms with van der Waals surface area (Å²) >= 11 is 11.4. The minimum Gasteiger partial charge on any atom is -0.507 e. The van der Waals surface area contributed by atoms with E-state index in [0.29, 0.717) is 33.5 Å². The third-order valence-electron chi connectivity index (χ3n) is 3.65. The number of aryl methyl sites for hydroxylation is 1. The molecule has 0 atom stereocenters. The van der Waals surface area contributed by atoms with Gasteiger partial charge < -0.3 is 19.9 Å². The predicted octanol–water partition coefficient (Wildman–Crippen LogP) is 4.08. The van der Waals surface area contributed by atoms with Gasteiger partial charge in [0.25, 0.3) is 0 Å². The van der Waals surface area contributed by atoms with Crippen LogP contribution in [0.5, 0.6) is 17.2 Å². The van der Waals surface area contributed by atoms with Crippen molar-refractivity contribution in [2.45, 2.75) is 13.8 Å². The van der Waals surface area contributed by atoms with Gasteiger partial charge in [-0.25, -0.2) is 0 Å². The summed E-state index contributed by atoms with van der Waals surface area (Å²) in [5.41, 5.74) is 5.22. The third-order valence-corrected chi connectivity index (χ3v) is 4.25. The first-order valence-electron chi connectivity index (χ1n) is 7.68. The predicted molar refractivity (Wildman–Crippen MR) is 109 cm³/mol. The standard InChI is InChI=1S/C18H20ClN3O3S/c1-10-7-16(23)13(9-14(10)19)11(2)21-22-18(26)20-15-8-12(24-3)5-6-17(15)25-4/h5-9,23H,1-4H3,(H2,20,22,26)/b21-11-. The van der Waals surface area contributed by atoms with Crippen LogP contribution in [0.1, 0.15) is 18.1 Å². The number of hydrogen-bond donors (Lipinski definition) is 3. The Labute approximate surface area is 162 Å². The van der Waals surface area contributed by atoms with Gasteiger partial charge in [0.15, 0.2) is 5.11 Å². The van der Waals surface area contributed by atoms with Crippen molar-refractivity contribution in [3.8, 4) is 17.2 Å². The number of hydrogen-bond acceptors (Lipinski definition) is 5. The van der Waals surface area contributed by atoms with Gasteiger partial charge in [0.05, 0.1) is 25.6 Å². The molecule has 2 rings (SSSR count). The summed E-state index contributed by atoms with van der Waals surface area (Å²) in [6.45, 7) is 3.56. The lowest BCUT2D eigenvalue weighted by Gasteiger charge is -2.13. The van der Waals surface area contributed by atoms with Gasteiger partial charge in [0.1, 0.15) is 17.2 Å². The van der Waals surface area contributed by atoms with Crippen molar-refractivity contribution in [2.75, 3.05) is 19.5 Å². The van der Waals surface area contributed by atoms with Gasteiger partial charge in [-0.15, -0.1) is 0 Å². The van der Waals surface area contributed by atoms with Crippen LogP contribution < -0.4 is 20.2 Å². The second kappa shape index (κ2) is 8.73. The van der Waals surface area contributed by atoms with Crippen LogP contribution in [0.2, 0.25) is 5.02 Å². The van der Waals surface area contributed by atoms with Crippen molar-refractivity contribution in [1.29, 1.82) is 0 Å². The highest BCUT2D eigenvalue weighted by Gasteiger charge is 2.10. The van der Waals surface area contributed by atoms with Crippen molar-refractivity contribution < 1.29 is 14.6 Å². The van der Waals surface area contributed by atoms with Crippen LogP contribution in [-0.4, -0.2) is 30.2 Å². The van der Waals surface area contributed by atoms with E-state index in [2.05, 4.69) is 15.8 Å². The molecule has 6 nitrogen and oxygen atoms in total. The fraction of sp³-hybridized carbons (Fsp3) is 0.222. The highest BCUT2D eigenvalue weighted by atomic mass is 35.5. The maximum atomic E-state index is 10.1. The van der Waals surface area contributed by atoms with Crippen LogP contribution >= 0.6 is 23.8 Å². The lowest BCUT2D eigenvalue weighted by molar-refractivity contribution is 0.405. The molecule has 138 valence electrons. The van der Waals surface area contributed by atoms with Crippen molar-refractivity contribution in [2.24, 2.45) is 5.10 Å². The van der Waals surface area contributed by atoms with E-state index in [1.807, 2.05) is 6.92 Å². The van der Waals surface area contributed by atoms with Gasteiger partial charge in [-0.05, 0) is 55.9 Å². The van der Waals surface area contributed by atoms with Crippen LogP contribution in [-0.2, 0) is 0 Å². The summed E-state index contributed by atoms with van der Waals surface area (Å²) in [5.74, 6) is 1.37. The quantitative estimate of drug-likeness (QED) is 0.403. The van der Waals surface area contributed by atoms with Crippen LogP contribution in [0.4, 0.5) is 5.69 Å². The molecule has 0 radical (unpaired) electrons. The van der Waals surface area contributed by atoms with Crippen LogP contribution in [0, 0.1) is 6.92 Å². The number of nitrogens with zero attached hydrogens (tertiary/aromatic N) is 1. The molecule has 2 aromatic carbocycles. The van der Waals surface area contributed by atoms with E-state index < -0.39 is 0 Å². The number of methoxy groups -OCH3 is 2. The van der Waals surface area contributed by atoms with E-state index in [-0.39, 0.29) is 10.9 Å². The second-order valence-electron chi connectivity index (χ2n) is 5.45. The van der Waals surface area contributed by atoms with Crippen LogP contribution in [0.15, 0.2) is 35.4 Å². The first-order chi connectivity index (χ1) is 12.3. The van der Waals surface area contributed by atoms with Gasteiger partial charge >= 0.3 is 0 Å². The molecule has 0 aliphatic carbocycles. The first kappa shape index (κ1) is 19.8. The van der Waals surface area contributed by atoms with E-state index in [1.165, 1.54) is 0 Å². The Kier molecular flexibility index (Phi) is 6.65. The summed E-state index contributed by atoms with van der Waals surface area (Å²) in [5, 5.41) is 18.1. The van der Waals surface area contributed by atoms with Crippen LogP contribution in [0.25, 0.3) is 0 Å². The van der Waals surface area contributed by atoms with Crippen LogP contribution in [0.3, 0.4) is 0 Å². The third kappa shape index (κ3) is 4.77. The molecule has 0 bridgehead atoms. The number of anilines is 1. The Hall–Kier alpha value is -2.51. The number of hydrazone groups is 1. The molecule has 0 aromatic heterocycles. The van der Waals surface area contributed by atoms with E-state index in [9.17, 15) is 5.11 Å². The van der Waals surface area contributed by atoms with E-state index >= 15 is 0 Å². The Morgan fingerprint density at radius 2 is 1.92 bits per heavy atom. The molecule has 26 heavy (non-hydrogen) atoms. The van der Waals surface area contributed by atoms with Crippen molar-refractivity contribution in [3.05, 3.63) is 46.5 Å². The molecule has 0 aliphatic rings. The molecular weight excluding hydrogens is 374 g/mol. The number of ether oxygens (including phenoxy) is 2. The number of phenolic OH excluding ortho intramolecular Hbond substituents is 1. The summed E-state index contributed by atoms with van der Waals surface area (Å²) in [6, 6.07) is 8.56. The summed E-state index contributed by atoms with van der Waals surface area (Å²) in [7, 11) is 3.14. The zero-order chi connectivity index (χ0) is 19.3. The number of benzene rings is 2. The molecule has 0 heterocycles. The van der Waals surface area contributed by atoms with Gasteiger partial charge in [0.2, 0.25) is 0 Å². The average Bonchev–Trinajstić information content (AvgIpc) is 2.62. The fourth-order valence-corrected chi connectivity index (χ4v) is 2.53. The maximum absolute atomic E-state index is 10.1. The molecular formula is C18H20ClN3O3S. The van der Waals surface area contributed by atoms with Gasteiger partial charge in [-0.1, -0.05) is 11.6 Å². The molecule has 2 aromatic rings. The minimum absolute atomic E-state index is 0.100. The molecule has 8 heteroatoms. The summed E-state index contributed by atoms with van der Waals surface area (Å²) in [6.07, 6.45) is 0. The number of nitrogens with one attached hydrogen (secondary N) is 2. The molecule has 0 fully saturated rings. The van der Waals surface area contributed by atoms with E-state index in [1.54, 1.807) is 51.5 Å². The molecule has 3 N–H and O–H groups in total.